The fourth-order valence-electron chi connectivity index (χ4n) is 2.24. The van der Waals surface area contributed by atoms with Gasteiger partial charge in [-0.25, -0.2) is 10.9 Å². The molecule has 0 aliphatic carbocycles. The molecule has 0 amide bonds. The topological polar surface area (TPSA) is 43.9 Å². The minimum absolute atomic E-state index is 0.189. The van der Waals surface area contributed by atoms with Crippen molar-refractivity contribution in [3.63, 3.8) is 0 Å². The molecule has 1 saturated heterocycles. The Bertz CT molecular complexity index is 589. The number of rotatable bonds is 2. The molecule has 5 heteroatoms. The third kappa shape index (κ3) is 2.01. The number of halogens is 3. The van der Waals surface area contributed by atoms with Crippen molar-refractivity contribution < 1.29 is 13.2 Å². The van der Waals surface area contributed by atoms with E-state index in [9.17, 15) is 13.2 Å². The van der Waals surface area contributed by atoms with E-state index in [0.717, 1.165) is 11.6 Å². The van der Waals surface area contributed by atoms with Gasteiger partial charge in [0.25, 0.3) is 0 Å². The average Bonchev–Trinajstić information content (AvgIpc) is 3.20. The summed E-state index contributed by atoms with van der Waals surface area (Å²) >= 11 is 0. The van der Waals surface area contributed by atoms with Gasteiger partial charge in [-0.3, -0.25) is 0 Å². The van der Waals surface area contributed by atoms with Gasteiger partial charge in [0.05, 0.1) is 5.56 Å². The maximum absolute atomic E-state index is 13.1. The van der Waals surface area contributed by atoms with Crippen LogP contribution >= 0.6 is 0 Å². The van der Waals surface area contributed by atoms with Gasteiger partial charge in [-0.15, -0.1) is 0 Å². The fourth-order valence-corrected chi connectivity index (χ4v) is 2.24. The zero-order chi connectivity index (χ0) is 13.5. The van der Waals surface area contributed by atoms with E-state index in [4.69, 9.17) is 0 Å². The van der Waals surface area contributed by atoms with Crippen LogP contribution in [0.3, 0.4) is 0 Å². The number of hydrazine groups is 1. The third-order valence-corrected chi connectivity index (χ3v) is 3.22. The summed E-state index contributed by atoms with van der Waals surface area (Å²) in [5.74, 6) is 0. The van der Waals surface area contributed by atoms with Crippen molar-refractivity contribution in [2.45, 2.75) is 11.8 Å². The highest BCUT2D eigenvalue weighted by Gasteiger charge is 2.50. The number of hydrogen-bond acceptors (Lipinski definition) is 2. The van der Waals surface area contributed by atoms with Gasteiger partial charge in [0, 0.05) is 5.56 Å². The number of alkyl halides is 3. The van der Waals surface area contributed by atoms with Gasteiger partial charge < -0.3 is 0 Å². The lowest BCUT2D eigenvalue weighted by atomic mass is 9.91. The van der Waals surface area contributed by atoms with Crippen molar-refractivity contribution in [1.82, 2.24) is 10.9 Å². The molecular weight excluding hydrogens is 253 g/mol. The largest absolute Gasteiger partial charge is 0.416 e. The molecule has 1 aliphatic rings. The van der Waals surface area contributed by atoms with Crippen LogP contribution in [0.4, 0.5) is 13.2 Å². The van der Waals surface area contributed by atoms with Gasteiger partial charge in [0.15, 0.2) is 0 Å². The first-order chi connectivity index (χ1) is 9.04. The normalized spacial score (nSPS) is 17.2. The molecule has 0 radical (unpaired) electrons. The number of benzene rings is 2. The Hall–Kier alpha value is -1.85. The molecule has 3 rings (SSSR count). The second-order valence-corrected chi connectivity index (χ2v) is 4.41. The Balaban J connectivity index is 2.14. The third-order valence-electron chi connectivity index (χ3n) is 3.22. The summed E-state index contributed by atoms with van der Waals surface area (Å²) in [6.07, 6.45) is -4.37. The minimum atomic E-state index is -4.37. The molecule has 2 nitrogen and oxygen atoms in total. The quantitative estimate of drug-likeness (QED) is 0.819. The second kappa shape index (κ2) is 4.08. The zero-order valence-corrected chi connectivity index (χ0v) is 9.83. The highest BCUT2D eigenvalue weighted by atomic mass is 19.4. The van der Waals surface area contributed by atoms with E-state index in [1.54, 1.807) is 30.3 Å². The van der Waals surface area contributed by atoms with Crippen LogP contribution in [0.15, 0.2) is 54.6 Å². The van der Waals surface area contributed by atoms with E-state index < -0.39 is 17.4 Å². The summed E-state index contributed by atoms with van der Waals surface area (Å²) in [6.45, 7) is 0. The van der Waals surface area contributed by atoms with Gasteiger partial charge in [-0.1, -0.05) is 48.5 Å². The highest BCUT2D eigenvalue weighted by Crippen LogP contribution is 2.41. The molecule has 0 aromatic heterocycles. The van der Waals surface area contributed by atoms with Gasteiger partial charge in [0.2, 0.25) is 0 Å². The van der Waals surface area contributed by atoms with Crippen molar-refractivity contribution in [3.8, 4) is 0 Å². The molecule has 0 bridgehead atoms. The van der Waals surface area contributed by atoms with Crippen LogP contribution in [0.5, 0.6) is 0 Å². The molecule has 98 valence electrons. The van der Waals surface area contributed by atoms with Crippen molar-refractivity contribution in [3.05, 3.63) is 71.3 Å². The van der Waals surface area contributed by atoms with Crippen LogP contribution in [-0.4, -0.2) is 0 Å². The van der Waals surface area contributed by atoms with Crippen LogP contribution in [-0.2, 0) is 11.8 Å². The van der Waals surface area contributed by atoms with Crippen molar-refractivity contribution in [1.29, 1.82) is 0 Å². The zero-order valence-electron chi connectivity index (χ0n) is 9.83. The Morgan fingerprint density at radius 2 is 1.37 bits per heavy atom. The van der Waals surface area contributed by atoms with Crippen LogP contribution in [0.2, 0.25) is 0 Å². The second-order valence-electron chi connectivity index (χ2n) is 4.41. The summed E-state index contributed by atoms with van der Waals surface area (Å²) in [5.41, 5.74) is 5.07. The molecule has 1 aliphatic heterocycles. The van der Waals surface area contributed by atoms with Gasteiger partial charge in [-0.2, -0.15) is 13.2 Å². The molecular formula is C14H11F3N2. The van der Waals surface area contributed by atoms with Crippen LogP contribution < -0.4 is 10.9 Å². The maximum Gasteiger partial charge on any atom is 0.416 e. The molecule has 0 spiro atoms. The highest BCUT2D eigenvalue weighted by molar-refractivity contribution is 5.46. The van der Waals surface area contributed by atoms with Crippen molar-refractivity contribution in [2.24, 2.45) is 0 Å². The molecule has 0 atom stereocenters. The molecule has 19 heavy (non-hydrogen) atoms. The van der Waals surface area contributed by atoms with Crippen LogP contribution in [0.1, 0.15) is 16.7 Å². The predicted molar refractivity (Wildman–Crippen MR) is 64.9 cm³/mol. The van der Waals surface area contributed by atoms with Gasteiger partial charge in [0.1, 0.15) is 5.66 Å². The van der Waals surface area contributed by atoms with E-state index in [-0.39, 0.29) is 5.56 Å². The molecule has 2 N–H and O–H groups in total. The Labute approximate surface area is 108 Å². The first kappa shape index (κ1) is 12.2. The van der Waals surface area contributed by atoms with E-state index in [1.807, 2.05) is 6.07 Å². The molecule has 0 unspecified atom stereocenters. The fraction of sp³-hybridized carbons (Fsp3) is 0.143. The summed E-state index contributed by atoms with van der Waals surface area (Å²) < 4.78 is 39.2. The molecule has 1 fully saturated rings. The summed E-state index contributed by atoms with van der Waals surface area (Å²) in [4.78, 5) is 0. The first-order valence-electron chi connectivity index (χ1n) is 5.80. The van der Waals surface area contributed by atoms with E-state index in [1.165, 1.54) is 12.1 Å². The SMILES string of the molecule is FC(F)(F)c1ccccc1C1(c2ccccc2)NN1. The van der Waals surface area contributed by atoms with Crippen LogP contribution in [0, 0.1) is 0 Å². The summed E-state index contributed by atoms with van der Waals surface area (Å²) in [5, 5.41) is 0. The number of nitrogens with one attached hydrogen (secondary N) is 2. The lowest BCUT2D eigenvalue weighted by Gasteiger charge is -2.18. The van der Waals surface area contributed by atoms with E-state index in [0.29, 0.717) is 0 Å². The van der Waals surface area contributed by atoms with Crippen molar-refractivity contribution in [2.75, 3.05) is 0 Å². The Morgan fingerprint density at radius 1 is 0.789 bits per heavy atom. The van der Waals surface area contributed by atoms with Gasteiger partial charge >= 0.3 is 6.18 Å². The molecule has 0 saturated carbocycles. The Kier molecular flexibility index (Phi) is 2.62. The standard InChI is InChI=1S/C14H11F3N2/c15-14(16,17)12-9-5-4-8-11(12)13(18-19-13)10-6-2-1-3-7-10/h1-9,18-19H. The average molecular weight is 264 g/mol. The predicted octanol–water partition coefficient (Wildman–Crippen LogP) is 3.01. The van der Waals surface area contributed by atoms with E-state index in [2.05, 4.69) is 10.9 Å². The molecule has 2 aromatic carbocycles. The number of hydrogen-bond donors (Lipinski definition) is 2. The lowest BCUT2D eigenvalue weighted by molar-refractivity contribution is -0.138. The maximum atomic E-state index is 13.1. The van der Waals surface area contributed by atoms with Crippen molar-refractivity contribution >= 4 is 0 Å². The summed E-state index contributed by atoms with van der Waals surface area (Å²) in [7, 11) is 0. The monoisotopic (exact) mass is 264 g/mol. The molecule has 1 heterocycles. The smallest absolute Gasteiger partial charge is 0.226 e. The summed E-state index contributed by atoms with van der Waals surface area (Å²) in [6, 6.07) is 14.6. The molecule has 2 aromatic rings. The van der Waals surface area contributed by atoms with Crippen LogP contribution in [0.25, 0.3) is 0 Å². The minimum Gasteiger partial charge on any atom is -0.226 e. The van der Waals surface area contributed by atoms with E-state index >= 15 is 0 Å². The first-order valence-corrected chi connectivity index (χ1v) is 5.80. The Morgan fingerprint density at radius 3 is 1.95 bits per heavy atom. The lowest BCUT2D eigenvalue weighted by Crippen LogP contribution is -2.22. The van der Waals surface area contributed by atoms with Gasteiger partial charge in [-0.05, 0) is 11.6 Å².